The van der Waals surface area contributed by atoms with Crippen molar-refractivity contribution in [2.75, 3.05) is 30.9 Å². The Morgan fingerprint density at radius 1 is 1.02 bits per heavy atom. The first-order valence-corrected chi connectivity index (χ1v) is 11.2. The van der Waals surface area contributed by atoms with E-state index in [2.05, 4.69) is 16.0 Å². The third-order valence-corrected chi connectivity index (χ3v) is 4.89. The van der Waals surface area contributed by atoms with E-state index in [0.717, 1.165) is 6.07 Å². The molecule has 0 aliphatic carbocycles. The Balaban J connectivity index is 0.00000101. The summed E-state index contributed by atoms with van der Waals surface area (Å²) in [7, 11) is 1.45. The normalized spacial score (nSPS) is 11.9. The largest absolute Gasteiger partial charge is 0.490 e. The highest BCUT2D eigenvalue weighted by Crippen LogP contribution is 2.36. The summed E-state index contributed by atoms with van der Waals surface area (Å²) in [6.45, 7) is 1.98. The second-order valence-corrected chi connectivity index (χ2v) is 8.03. The van der Waals surface area contributed by atoms with E-state index in [1.54, 1.807) is 12.1 Å². The number of nitrogen functional groups attached to an aromatic ring is 1. The van der Waals surface area contributed by atoms with E-state index < -0.39 is 48.2 Å². The van der Waals surface area contributed by atoms with Crippen LogP contribution < -0.4 is 21.7 Å². The van der Waals surface area contributed by atoms with Crippen molar-refractivity contribution in [3.63, 3.8) is 0 Å². The minimum atomic E-state index is -5.08. The first-order chi connectivity index (χ1) is 18.4. The number of carbonyl (C=O) groups is 3. The highest BCUT2D eigenvalue weighted by molar-refractivity contribution is 6.04. The van der Waals surface area contributed by atoms with Gasteiger partial charge in [0.25, 0.3) is 0 Å². The molecule has 0 heterocycles. The lowest BCUT2D eigenvalue weighted by molar-refractivity contribution is -0.192. The molecule has 0 saturated heterocycles. The van der Waals surface area contributed by atoms with E-state index in [-0.39, 0.29) is 30.2 Å². The van der Waals surface area contributed by atoms with Crippen molar-refractivity contribution in [3.05, 3.63) is 59.2 Å². The molecule has 40 heavy (non-hydrogen) atoms. The Morgan fingerprint density at radius 2 is 1.60 bits per heavy atom. The van der Waals surface area contributed by atoms with Crippen LogP contribution in [0.1, 0.15) is 36.1 Å². The second-order valence-electron chi connectivity index (χ2n) is 8.03. The van der Waals surface area contributed by atoms with Crippen molar-refractivity contribution < 1.29 is 50.6 Å². The third kappa shape index (κ3) is 11.6. The number of hydrogen-bond donors (Lipinski definition) is 6. The lowest BCUT2D eigenvalue weighted by Crippen LogP contribution is -2.30. The number of amides is 2. The molecule has 0 bridgehead atoms. The molecule has 0 saturated carbocycles. The number of aliphatic carboxylic acids is 1. The summed E-state index contributed by atoms with van der Waals surface area (Å²) in [5.41, 5.74) is 5.56. The van der Waals surface area contributed by atoms with Crippen LogP contribution in [0.5, 0.6) is 0 Å². The van der Waals surface area contributed by atoms with Gasteiger partial charge in [0.2, 0.25) is 11.8 Å². The van der Waals surface area contributed by atoms with Crippen molar-refractivity contribution in [3.8, 4) is 0 Å². The maximum atomic E-state index is 13.5. The van der Waals surface area contributed by atoms with Gasteiger partial charge in [-0.05, 0) is 48.9 Å². The smallest absolute Gasteiger partial charge is 0.475 e. The number of rotatable bonds is 10. The molecular weight excluding hydrogens is 552 g/mol. The van der Waals surface area contributed by atoms with Crippen LogP contribution in [0.25, 0.3) is 0 Å². The average molecular weight is 579 g/mol. The number of carboxylic acid groups (broad SMARTS) is 1. The molecule has 2 aromatic carbocycles. The van der Waals surface area contributed by atoms with Crippen LogP contribution >= 0.6 is 0 Å². The number of alkyl halides is 6. The number of amidine groups is 1. The molecular formula is C24H27F6N5O5. The molecule has 0 radical (unpaired) electrons. The number of methoxy groups -OCH3 is 1. The number of nitrogens with two attached hydrogens (primary N) is 1. The van der Waals surface area contributed by atoms with Gasteiger partial charge in [0.1, 0.15) is 12.3 Å². The summed E-state index contributed by atoms with van der Waals surface area (Å²) in [5.74, 6) is -4.11. The number of nitrogens with one attached hydrogen (secondary N) is 4. The first-order valence-electron chi connectivity index (χ1n) is 11.2. The van der Waals surface area contributed by atoms with Gasteiger partial charge in [0.05, 0.1) is 18.2 Å². The lowest BCUT2D eigenvalue weighted by atomic mass is 10.0. The predicted molar refractivity (Wildman–Crippen MR) is 133 cm³/mol. The van der Waals surface area contributed by atoms with Crippen molar-refractivity contribution in [2.24, 2.45) is 5.73 Å². The molecule has 0 fully saturated rings. The number of carboxylic acids is 1. The molecule has 16 heteroatoms. The van der Waals surface area contributed by atoms with Crippen molar-refractivity contribution >= 4 is 35.0 Å². The van der Waals surface area contributed by atoms with Gasteiger partial charge in [-0.2, -0.15) is 26.3 Å². The fraction of sp³-hybridized carbons (Fsp3) is 0.333. The van der Waals surface area contributed by atoms with Gasteiger partial charge >= 0.3 is 18.3 Å². The molecule has 1 atom stereocenters. The number of benzene rings is 2. The second kappa shape index (κ2) is 14.7. The molecule has 0 aliphatic heterocycles. The fourth-order valence-corrected chi connectivity index (χ4v) is 2.97. The zero-order valence-electron chi connectivity index (χ0n) is 21.2. The number of anilines is 2. The zero-order valence-corrected chi connectivity index (χ0v) is 21.2. The molecule has 0 aliphatic rings. The lowest BCUT2D eigenvalue weighted by Gasteiger charge is -2.19. The van der Waals surface area contributed by atoms with Gasteiger partial charge in [-0.3, -0.25) is 15.0 Å². The Kier molecular flexibility index (Phi) is 12.4. The van der Waals surface area contributed by atoms with Crippen molar-refractivity contribution in [1.82, 2.24) is 5.32 Å². The van der Waals surface area contributed by atoms with Crippen LogP contribution in [0.3, 0.4) is 0 Å². The van der Waals surface area contributed by atoms with Gasteiger partial charge in [-0.25, -0.2) is 4.79 Å². The molecule has 220 valence electrons. The van der Waals surface area contributed by atoms with Crippen LogP contribution in [0.2, 0.25) is 0 Å². The van der Waals surface area contributed by atoms with Gasteiger partial charge in [0, 0.05) is 30.6 Å². The quantitative estimate of drug-likeness (QED) is 0.0817. The first kappa shape index (κ1) is 33.7. The summed E-state index contributed by atoms with van der Waals surface area (Å²) >= 11 is 0. The molecule has 1 unspecified atom stereocenters. The highest BCUT2D eigenvalue weighted by Gasteiger charge is 2.38. The summed E-state index contributed by atoms with van der Waals surface area (Å²) in [6.07, 6.45) is -10.2. The maximum absolute atomic E-state index is 13.5. The van der Waals surface area contributed by atoms with E-state index in [1.807, 2.05) is 0 Å². The fourth-order valence-electron chi connectivity index (χ4n) is 2.97. The average Bonchev–Trinajstić information content (AvgIpc) is 2.83. The monoisotopic (exact) mass is 579 g/mol. The standard InChI is InChI=1S/C22H26F3N5O3.C2HF3O2/c1-13(15-5-8-18(28-9-10-33-2)17(11-15)22(23,24)25)29-19(31)12-20(32)30-16-6-3-14(4-7-16)21(26)27;3-2(4,5)1(6)7/h3-8,11,13,28H,9-10,12H2,1-2H3,(H3,26,27)(H,29,31)(H,30,32);(H,6,7). The van der Waals surface area contributed by atoms with Gasteiger partial charge < -0.3 is 31.5 Å². The van der Waals surface area contributed by atoms with E-state index in [4.69, 9.17) is 25.8 Å². The van der Waals surface area contributed by atoms with E-state index in [0.29, 0.717) is 11.3 Å². The molecule has 0 aromatic heterocycles. The zero-order chi connectivity index (χ0) is 30.7. The van der Waals surface area contributed by atoms with E-state index >= 15 is 0 Å². The highest BCUT2D eigenvalue weighted by atomic mass is 19.4. The molecule has 2 amide bonds. The summed E-state index contributed by atoms with van der Waals surface area (Å²) in [4.78, 5) is 33.2. The topological polar surface area (TPSA) is 167 Å². The number of carbonyl (C=O) groups excluding carboxylic acids is 2. The summed E-state index contributed by atoms with van der Waals surface area (Å²) < 4.78 is 77.0. The van der Waals surface area contributed by atoms with Crippen LogP contribution in [-0.2, 0) is 25.3 Å². The SMILES string of the molecule is COCCNc1ccc(C(C)NC(=O)CC(=O)Nc2ccc(C(=N)N)cc2)cc1C(F)(F)F.O=C(O)C(F)(F)F. The molecule has 10 nitrogen and oxygen atoms in total. The maximum Gasteiger partial charge on any atom is 0.490 e. The Labute approximate surface area is 224 Å². The van der Waals surface area contributed by atoms with Crippen LogP contribution in [0.15, 0.2) is 42.5 Å². The minimum Gasteiger partial charge on any atom is -0.475 e. The molecule has 2 rings (SSSR count). The molecule has 0 spiro atoms. The van der Waals surface area contributed by atoms with Crippen LogP contribution in [-0.4, -0.2) is 55.2 Å². The Bertz CT molecular complexity index is 1190. The molecule has 7 N–H and O–H groups in total. The summed E-state index contributed by atoms with van der Waals surface area (Å²) in [6, 6.07) is 9.16. The van der Waals surface area contributed by atoms with Gasteiger partial charge in [0.15, 0.2) is 0 Å². The van der Waals surface area contributed by atoms with Crippen molar-refractivity contribution in [2.45, 2.75) is 31.7 Å². The van der Waals surface area contributed by atoms with Crippen LogP contribution in [0.4, 0.5) is 37.7 Å². The van der Waals surface area contributed by atoms with Gasteiger partial charge in [-0.1, -0.05) is 6.07 Å². The molecule has 2 aromatic rings. The number of halogens is 6. The van der Waals surface area contributed by atoms with Gasteiger partial charge in [-0.15, -0.1) is 0 Å². The Morgan fingerprint density at radius 3 is 2.08 bits per heavy atom. The Hall–Kier alpha value is -4.34. The minimum absolute atomic E-state index is 0.0861. The van der Waals surface area contributed by atoms with Crippen molar-refractivity contribution in [1.29, 1.82) is 5.41 Å². The third-order valence-electron chi connectivity index (χ3n) is 4.89. The summed E-state index contributed by atoms with van der Waals surface area (Å²) in [5, 5.41) is 22.2. The number of hydrogen-bond acceptors (Lipinski definition) is 6. The predicted octanol–water partition coefficient (Wildman–Crippen LogP) is 3.89. The van der Waals surface area contributed by atoms with E-state index in [1.165, 1.54) is 38.3 Å². The van der Waals surface area contributed by atoms with E-state index in [9.17, 15) is 35.9 Å². The number of ether oxygens (including phenoxy) is 1. The van der Waals surface area contributed by atoms with Crippen LogP contribution in [0, 0.1) is 5.41 Å².